The predicted molar refractivity (Wildman–Crippen MR) is 88.7 cm³/mol. The Kier molecular flexibility index (Phi) is 4.75. The SMILES string of the molecule is COC(=O)/C=C/c1cc(C)n(S(=O)(=O)c2ccc(C)cc2)c1C. The van der Waals surface area contributed by atoms with Crippen LogP contribution in [-0.2, 0) is 19.6 Å². The van der Waals surface area contributed by atoms with E-state index in [1.807, 2.05) is 6.92 Å². The van der Waals surface area contributed by atoms with Crippen LogP contribution in [0.5, 0.6) is 0 Å². The van der Waals surface area contributed by atoms with E-state index < -0.39 is 16.0 Å². The summed E-state index contributed by atoms with van der Waals surface area (Å²) in [5.74, 6) is -0.490. The number of hydrogen-bond acceptors (Lipinski definition) is 4. The minimum atomic E-state index is -3.67. The van der Waals surface area contributed by atoms with Gasteiger partial charge in [-0.05, 0) is 50.6 Å². The summed E-state index contributed by atoms with van der Waals surface area (Å²) in [4.78, 5) is 11.4. The van der Waals surface area contributed by atoms with E-state index >= 15 is 0 Å². The van der Waals surface area contributed by atoms with Crippen LogP contribution >= 0.6 is 0 Å². The van der Waals surface area contributed by atoms with Gasteiger partial charge in [0.1, 0.15) is 0 Å². The lowest BCUT2D eigenvalue weighted by molar-refractivity contribution is -0.134. The molecular formula is C17H19NO4S. The Morgan fingerprint density at radius 3 is 2.30 bits per heavy atom. The summed E-state index contributed by atoms with van der Waals surface area (Å²) in [6, 6.07) is 8.43. The monoisotopic (exact) mass is 333 g/mol. The molecule has 0 radical (unpaired) electrons. The van der Waals surface area contributed by atoms with Crippen molar-refractivity contribution >= 4 is 22.1 Å². The number of esters is 1. The number of aromatic nitrogens is 1. The van der Waals surface area contributed by atoms with Crippen LogP contribution in [0.4, 0.5) is 0 Å². The van der Waals surface area contributed by atoms with Crippen LogP contribution in [0, 0.1) is 20.8 Å². The summed E-state index contributed by atoms with van der Waals surface area (Å²) in [6.07, 6.45) is 2.82. The fourth-order valence-electron chi connectivity index (χ4n) is 2.35. The molecule has 6 heteroatoms. The number of aryl methyl sites for hydroxylation is 2. The number of carbonyl (C=O) groups is 1. The number of methoxy groups -OCH3 is 1. The Morgan fingerprint density at radius 1 is 1.13 bits per heavy atom. The van der Waals surface area contributed by atoms with Gasteiger partial charge in [0.2, 0.25) is 0 Å². The second kappa shape index (κ2) is 6.42. The van der Waals surface area contributed by atoms with Crippen molar-refractivity contribution in [3.05, 3.63) is 58.9 Å². The first-order valence-corrected chi connectivity index (χ1v) is 8.48. The van der Waals surface area contributed by atoms with Crippen LogP contribution < -0.4 is 0 Å². The zero-order valence-corrected chi connectivity index (χ0v) is 14.3. The minimum absolute atomic E-state index is 0.230. The Morgan fingerprint density at radius 2 is 1.74 bits per heavy atom. The quantitative estimate of drug-likeness (QED) is 0.637. The lowest BCUT2D eigenvalue weighted by atomic mass is 10.2. The summed E-state index contributed by atoms with van der Waals surface area (Å²) in [7, 11) is -2.38. The van der Waals surface area contributed by atoms with E-state index in [9.17, 15) is 13.2 Å². The van der Waals surface area contributed by atoms with Crippen LogP contribution in [0.3, 0.4) is 0 Å². The zero-order valence-electron chi connectivity index (χ0n) is 13.5. The molecule has 0 aliphatic carbocycles. The topological polar surface area (TPSA) is 65.4 Å². The molecule has 0 saturated carbocycles. The number of nitrogens with zero attached hydrogens (tertiary/aromatic N) is 1. The van der Waals surface area contributed by atoms with Gasteiger partial charge in [0.15, 0.2) is 0 Å². The summed E-state index contributed by atoms with van der Waals surface area (Å²) >= 11 is 0. The van der Waals surface area contributed by atoms with Gasteiger partial charge in [-0.15, -0.1) is 0 Å². The first-order valence-electron chi connectivity index (χ1n) is 7.04. The molecular weight excluding hydrogens is 314 g/mol. The molecule has 0 unspecified atom stereocenters. The number of carbonyl (C=O) groups excluding carboxylic acids is 1. The average Bonchev–Trinajstić information content (AvgIpc) is 2.79. The highest BCUT2D eigenvalue weighted by Crippen LogP contribution is 2.23. The first kappa shape index (κ1) is 17.0. The van der Waals surface area contributed by atoms with Gasteiger partial charge in [-0.25, -0.2) is 17.2 Å². The highest BCUT2D eigenvalue weighted by atomic mass is 32.2. The summed E-state index contributed by atoms with van der Waals surface area (Å²) in [5.41, 5.74) is 2.77. The van der Waals surface area contributed by atoms with Crippen molar-refractivity contribution in [2.24, 2.45) is 0 Å². The number of hydrogen-bond donors (Lipinski definition) is 0. The molecule has 0 N–H and O–H groups in total. The Hall–Kier alpha value is -2.34. The maximum atomic E-state index is 12.8. The number of benzene rings is 1. The van der Waals surface area contributed by atoms with Gasteiger partial charge in [-0.3, -0.25) is 0 Å². The van der Waals surface area contributed by atoms with E-state index in [4.69, 9.17) is 0 Å². The van der Waals surface area contributed by atoms with Gasteiger partial charge < -0.3 is 4.74 Å². The maximum absolute atomic E-state index is 12.8. The van der Waals surface area contributed by atoms with Gasteiger partial charge in [-0.1, -0.05) is 17.7 Å². The number of ether oxygens (including phenoxy) is 1. The second-order valence-electron chi connectivity index (χ2n) is 5.27. The van der Waals surface area contributed by atoms with E-state index in [0.29, 0.717) is 17.0 Å². The fraction of sp³-hybridized carbons (Fsp3) is 0.235. The predicted octanol–water partition coefficient (Wildman–Crippen LogP) is 2.84. The van der Waals surface area contributed by atoms with Crippen molar-refractivity contribution in [1.29, 1.82) is 0 Å². The molecule has 5 nitrogen and oxygen atoms in total. The smallest absolute Gasteiger partial charge is 0.330 e. The van der Waals surface area contributed by atoms with E-state index in [1.54, 1.807) is 50.3 Å². The third kappa shape index (κ3) is 3.37. The minimum Gasteiger partial charge on any atom is -0.466 e. The molecule has 2 rings (SSSR count). The molecule has 0 saturated heterocycles. The van der Waals surface area contributed by atoms with Crippen LogP contribution in [0.1, 0.15) is 22.5 Å². The molecule has 0 aliphatic heterocycles. The van der Waals surface area contributed by atoms with Crippen LogP contribution in [0.25, 0.3) is 6.08 Å². The maximum Gasteiger partial charge on any atom is 0.330 e. The summed E-state index contributed by atoms with van der Waals surface area (Å²) in [6.45, 7) is 5.32. The molecule has 0 bridgehead atoms. The first-order chi connectivity index (χ1) is 10.8. The van der Waals surface area contributed by atoms with Crippen molar-refractivity contribution in [3.63, 3.8) is 0 Å². The van der Waals surface area contributed by atoms with E-state index in [1.165, 1.54) is 17.2 Å². The molecule has 0 atom stereocenters. The van der Waals surface area contributed by atoms with Crippen molar-refractivity contribution in [1.82, 2.24) is 3.97 Å². The van der Waals surface area contributed by atoms with E-state index in [2.05, 4.69) is 4.74 Å². The zero-order chi connectivity index (χ0) is 17.2. The van der Waals surface area contributed by atoms with Crippen molar-refractivity contribution in [2.75, 3.05) is 7.11 Å². The number of rotatable bonds is 4. The third-order valence-corrected chi connectivity index (χ3v) is 5.48. The lowest BCUT2D eigenvalue weighted by Gasteiger charge is -2.11. The van der Waals surface area contributed by atoms with Gasteiger partial charge in [0.05, 0.1) is 12.0 Å². The second-order valence-corrected chi connectivity index (χ2v) is 7.05. The van der Waals surface area contributed by atoms with Crippen molar-refractivity contribution < 1.29 is 17.9 Å². The van der Waals surface area contributed by atoms with Gasteiger partial charge in [0, 0.05) is 17.5 Å². The van der Waals surface area contributed by atoms with E-state index in [0.717, 1.165) is 5.56 Å². The molecule has 0 spiro atoms. The molecule has 1 aromatic heterocycles. The summed E-state index contributed by atoms with van der Waals surface area (Å²) < 4.78 is 31.5. The van der Waals surface area contributed by atoms with Crippen LogP contribution in [0.15, 0.2) is 41.3 Å². The molecule has 0 amide bonds. The molecule has 23 heavy (non-hydrogen) atoms. The van der Waals surface area contributed by atoms with E-state index in [-0.39, 0.29) is 4.90 Å². The normalized spacial score (nSPS) is 11.8. The molecule has 2 aromatic rings. The van der Waals surface area contributed by atoms with Crippen molar-refractivity contribution in [3.8, 4) is 0 Å². The fourth-order valence-corrected chi connectivity index (χ4v) is 3.94. The molecule has 122 valence electrons. The van der Waals surface area contributed by atoms with Crippen LogP contribution in [0.2, 0.25) is 0 Å². The molecule has 0 aliphatic rings. The van der Waals surface area contributed by atoms with Gasteiger partial charge >= 0.3 is 5.97 Å². The highest BCUT2D eigenvalue weighted by molar-refractivity contribution is 7.90. The Balaban J connectivity index is 2.51. The van der Waals surface area contributed by atoms with Gasteiger partial charge in [0.25, 0.3) is 10.0 Å². The molecule has 0 fully saturated rings. The lowest BCUT2D eigenvalue weighted by Crippen LogP contribution is -2.15. The standard InChI is InChI=1S/C17H19NO4S/c1-12-5-8-16(9-6-12)23(20,21)18-13(2)11-15(14(18)3)7-10-17(19)22-4/h5-11H,1-4H3/b10-7+. The van der Waals surface area contributed by atoms with Gasteiger partial charge in [-0.2, -0.15) is 0 Å². The highest BCUT2D eigenvalue weighted by Gasteiger charge is 2.22. The van der Waals surface area contributed by atoms with Crippen LogP contribution in [-0.4, -0.2) is 25.5 Å². The largest absolute Gasteiger partial charge is 0.466 e. The molecule has 1 heterocycles. The van der Waals surface area contributed by atoms with Crippen molar-refractivity contribution in [2.45, 2.75) is 25.7 Å². The third-order valence-electron chi connectivity index (χ3n) is 3.57. The summed E-state index contributed by atoms with van der Waals surface area (Å²) in [5, 5.41) is 0. The Bertz CT molecular complexity index is 859. The Labute approximate surface area is 136 Å². The average molecular weight is 333 g/mol. The molecule has 1 aromatic carbocycles.